The van der Waals surface area contributed by atoms with E-state index < -0.39 is 0 Å². The van der Waals surface area contributed by atoms with Crippen LogP contribution in [-0.2, 0) is 0 Å². The topological polar surface area (TPSA) is 0 Å². The zero-order valence-corrected chi connectivity index (χ0v) is 29.2. The van der Waals surface area contributed by atoms with Crippen molar-refractivity contribution in [2.75, 3.05) is 0 Å². The van der Waals surface area contributed by atoms with E-state index in [-0.39, 0.29) is 0 Å². The fourth-order valence-corrected chi connectivity index (χ4v) is 12.6. The summed E-state index contributed by atoms with van der Waals surface area (Å²) < 4.78 is 0. The van der Waals surface area contributed by atoms with Gasteiger partial charge in [-0.25, -0.2) is 0 Å². The molecule has 0 spiro atoms. The highest BCUT2D eigenvalue weighted by Gasteiger charge is 2.50. The molecule has 0 N–H and O–H groups in total. The second-order valence-electron chi connectivity index (χ2n) is 18.3. The van der Waals surface area contributed by atoms with Crippen LogP contribution in [0.2, 0.25) is 0 Å². The molecule has 42 heavy (non-hydrogen) atoms. The second kappa shape index (κ2) is 14.6. The van der Waals surface area contributed by atoms with Crippen molar-refractivity contribution in [2.45, 2.75) is 176 Å². The van der Waals surface area contributed by atoms with Crippen LogP contribution in [0.25, 0.3) is 0 Å². The Kier molecular flexibility index (Phi) is 11.1. The van der Waals surface area contributed by atoms with Crippen LogP contribution in [0, 0.1) is 88.8 Å². The summed E-state index contributed by atoms with van der Waals surface area (Å²) in [4.78, 5) is 0. The minimum absolute atomic E-state index is 0.906. The van der Waals surface area contributed by atoms with Crippen LogP contribution in [0.5, 0.6) is 0 Å². The zero-order chi connectivity index (χ0) is 29.2. The molecule has 7 rings (SSSR count). The third-order valence-electron chi connectivity index (χ3n) is 15.6. The van der Waals surface area contributed by atoms with Gasteiger partial charge in [0, 0.05) is 0 Å². The molecule has 7 aliphatic carbocycles. The molecule has 0 aromatic heterocycles. The Morgan fingerprint density at radius 1 is 0.262 bits per heavy atom. The third-order valence-corrected chi connectivity index (χ3v) is 15.6. The highest BCUT2D eigenvalue weighted by molar-refractivity contribution is 4.99. The van der Waals surface area contributed by atoms with E-state index in [1.165, 1.54) is 51.4 Å². The Morgan fingerprint density at radius 2 is 0.548 bits per heavy atom. The monoisotopic (exact) mass is 579 g/mol. The molecule has 0 heteroatoms. The lowest BCUT2D eigenvalue weighted by molar-refractivity contribution is 0.00242. The summed E-state index contributed by atoms with van der Waals surface area (Å²) in [5.41, 5.74) is 0. The van der Waals surface area contributed by atoms with E-state index in [1.54, 1.807) is 89.9 Å². The Balaban J connectivity index is 0.000000162. The molecule has 7 atom stereocenters. The smallest absolute Gasteiger partial charge is 0.0319 e. The van der Waals surface area contributed by atoms with Crippen molar-refractivity contribution in [3.8, 4) is 0 Å². The van der Waals surface area contributed by atoms with Crippen LogP contribution in [0.3, 0.4) is 0 Å². The van der Waals surface area contributed by atoms with Crippen LogP contribution in [0.4, 0.5) is 0 Å². The minimum Gasteiger partial charge on any atom is -0.0625 e. The van der Waals surface area contributed by atoms with Crippen LogP contribution < -0.4 is 0 Å². The Hall–Kier alpha value is 0. The van der Waals surface area contributed by atoms with E-state index in [0.717, 1.165) is 88.8 Å². The first-order valence-corrected chi connectivity index (χ1v) is 20.4. The van der Waals surface area contributed by atoms with E-state index in [9.17, 15) is 0 Å². The Labute approximate surface area is 264 Å². The molecule has 242 valence electrons. The van der Waals surface area contributed by atoms with Gasteiger partial charge in [0.2, 0.25) is 0 Å². The van der Waals surface area contributed by atoms with Crippen molar-refractivity contribution < 1.29 is 0 Å². The normalized spacial score (nSPS) is 31.6. The average Bonchev–Trinajstić information content (AvgIpc) is 3.68. The molecule has 0 saturated heterocycles. The van der Waals surface area contributed by atoms with Crippen molar-refractivity contribution >= 4 is 0 Å². The van der Waals surface area contributed by atoms with Gasteiger partial charge in [0.1, 0.15) is 0 Å². The average molecular weight is 579 g/mol. The van der Waals surface area contributed by atoms with Gasteiger partial charge in [-0.1, -0.05) is 150 Å². The summed E-state index contributed by atoms with van der Waals surface area (Å²) in [6.07, 6.45) is 34.0. The van der Waals surface area contributed by atoms with E-state index in [2.05, 4.69) is 34.6 Å². The predicted molar refractivity (Wildman–Crippen MR) is 182 cm³/mol. The van der Waals surface area contributed by atoms with Crippen LogP contribution in [-0.4, -0.2) is 0 Å². The molecule has 0 nitrogen and oxygen atoms in total. The van der Waals surface area contributed by atoms with Crippen LogP contribution in [0.1, 0.15) is 176 Å². The summed E-state index contributed by atoms with van der Waals surface area (Å²) in [5.74, 6) is 16.0. The maximum atomic E-state index is 2.70. The standard InChI is InChI=1S/C25H44.C17H30/c1-17(2)23(20-9-4-5-10-20)25(21-11-6-7-12-21)24(22-15-16-22)18(3)19-13-8-14-19;1-12(14-6-3-4-7-14)17(16-10-11-16)13(2)15-8-5-9-15/h17-25H,4-16H2,1-3H3;12-17H,3-11H2,1-2H3. The van der Waals surface area contributed by atoms with E-state index >= 15 is 0 Å². The molecule has 7 saturated carbocycles. The quantitative estimate of drug-likeness (QED) is 0.204. The lowest BCUT2D eigenvalue weighted by Gasteiger charge is -2.48. The zero-order valence-electron chi connectivity index (χ0n) is 29.2. The number of hydrogen-bond acceptors (Lipinski definition) is 0. The molecule has 0 radical (unpaired) electrons. The maximum absolute atomic E-state index is 2.70. The lowest BCUT2D eigenvalue weighted by atomic mass is 9.57. The summed E-state index contributed by atoms with van der Waals surface area (Å²) in [6, 6.07) is 0. The third kappa shape index (κ3) is 7.35. The molecule has 7 fully saturated rings. The molecule has 7 aliphatic rings. The van der Waals surface area contributed by atoms with Gasteiger partial charge < -0.3 is 0 Å². The molecule has 0 aliphatic heterocycles. The predicted octanol–water partition coefficient (Wildman–Crippen LogP) is 13.0. The van der Waals surface area contributed by atoms with Crippen molar-refractivity contribution in [1.82, 2.24) is 0 Å². The van der Waals surface area contributed by atoms with Crippen molar-refractivity contribution in [3.63, 3.8) is 0 Å². The van der Waals surface area contributed by atoms with Gasteiger partial charge in [-0.2, -0.15) is 0 Å². The second-order valence-corrected chi connectivity index (χ2v) is 18.3. The van der Waals surface area contributed by atoms with Crippen LogP contribution >= 0.6 is 0 Å². The van der Waals surface area contributed by atoms with Crippen molar-refractivity contribution in [2.24, 2.45) is 88.8 Å². The lowest BCUT2D eigenvalue weighted by Crippen LogP contribution is -2.42. The van der Waals surface area contributed by atoms with Gasteiger partial charge in [-0.05, 0) is 114 Å². The molecular formula is C42H74. The van der Waals surface area contributed by atoms with Gasteiger partial charge in [-0.3, -0.25) is 0 Å². The van der Waals surface area contributed by atoms with E-state index in [1.807, 2.05) is 0 Å². The van der Waals surface area contributed by atoms with Crippen LogP contribution in [0.15, 0.2) is 0 Å². The summed E-state index contributed by atoms with van der Waals surface area (Å²) in [5, 5.41) is 0. The fraction of sp³-hybridized carbons (Fsp3) is 1.00. The summed E-state index contributed by atoms with van der Waals surface area (Å²) in [7, 11) is 0. The molecular weight excluding hydrogens is 504 g/mol. The maximum Gasteiger partial charge on any atom is -0.0319 e. The SMILES string of the molecule is CC(C)C(C1CCCC1)C(C1CCCC1)C(C1CC1)C(C)C1CCC1.CC(C1CCCC1)C(C1CC1)C(C)C1CCC1. The van der Waals surface area contributed by atoms with Gasteiger partial charge in [-0.15, -0.1) is 0 Å². The molecule has 0 amide bonds. The first kappa shape index (κ1) is 32.0. The largest absolute Gasteiger partial charge is 0.0625 e. The molecule has 0 aromatic carbocycles. The molecule has 0 heterocycles. The van der Waals surface area contributed by atoms with Gasteiger partial charge in [0.05, 0.1) is 0 Å². The van der Waals surface area contributed by atoms with Crippen molar-refractivity contribution in [3.05, 3.63) is 0 Å². The summed E-state index contributed by atoms with van der Waals surface area (Å²) in [6.45, 7) is 13.1. The van der Waals surface area contributed by atoms with Crippen molar-refractivity contribution in [1.29, 1.82) is 0 Å². The molecule has 0 aromatic rings. The van der Waals surface area contributed by atoms with Gasteiger partial charge >= 0.3 is 0 Å². The Morgan fingerprint density at radius 3 is 0.881 bits per heavy atom. The first-order valence-electron chi connectivity index (χ1n) is 20.4. The fourth-order valence-electron chi connectivity index (χ4n) is 12.6. The molecule has 0 bridgehead atoms. The van der Waals surface area contributed by atoms with E-state index in [0.29, 0.717) is 0 Å². The van der Waals surface area contributed by atoms with E-state index in [4.69, 9.17) is 0 Å². The van der Waals surface area contributed by atoms with Gasteiger partial charge in [0.25, 0.3) is 0 Å². The van der Waals surface area contributed by atoms with Gasteiger partial charge in [0.15, 0.2) is 0 Å². The first-order chi connectivity index (χ1) is 20.4. The highest BCUT2D eigenvalue weighted by atomic mass is 14.6. The summed E-state index contributed by atoms with van der Waals surface area (Å²) >= 11 is 0. The minimum atomic E-state index is 0.906. The number of rotatable bonds is 13. The highest BCUT2D eigenvalue weighted by Crippen LogP contribution is 2.58. The molecule has 7 unspecified atom stereocenters. The number of hydrogen-bond donors (Lipinski definition) is 0. The Bertz CT molecular complexity index is 777.